The number of hydrogen-bond acceptors (Lipinski definition) is 7. The molecular formula is C11H15N3O4S2. The number of H-pyrrole nitrogens is 1. The normalized spacial score (nSPS) is 36.2. The van der Waals surface area contributed by atoms with Crippen molar-refractivity contribution in [2.24, 2.45) is 0 Å². The van der Waals surface area contributed by atoms with Crippen molar-refractivity contribution in [2.75, 3.05) is 12.9 Å². The van der Waals surface area contributed by atoms with Crippen molar-refractivity contribution in [1.29, 1.82) is 0 Å². The van der Waals surface area contributed by atoms with Gasteiger partial charge in [0, 0.05) is 12.3 Å². The molecule has 3 N–H and O–H groups in total. The first-order chi connectivity index (χ1) is 9.63. The number of aliphatic hydroxyl groups is 1. The van der Waals surface area contributed by atoms with Gasteiger partial charge in [-0.05, 0) is 6.26 Å². The van der Waals surface area contributed by atoms with Gasteiger partial charge in [-0.3, -0.25) is 19.7 Å². The zero-order valence-corrected chi connectivity index (χ0v) is 12.3. The minimum atomic E-state index is -0.493. The Morgan fingerprint density at radius 2 is 2.35 bits per heavy atom. The number of nitrogens with one attached hydrogen (secondary N) is 2. The Morgan fingerprint density at radius 3 is 3.00 bits per heavy atom. The number of nitrogens with zero attached hydrogens (tertiary/aromatic N) is 1. The van der Waals surface area contributed by atoms with E-state index in [-0.39, 0.29) is 28.7 Å². The summed E-state index contributed by atoms with van der Waals surface area (Å²) in [6, 6.07) is 1.29. The van der Waals surface area contributed by atoms with E-state index in [4.69, 9.17) is 4.74 Å². The first kappa shape index (κ1) is 14.2. The largest absolute Gasteiger partial charge is 0.394 e. The van der Waals surface area contributed by atoms with Crippen LogP contribution in [0.15, 0.2) is 21.9 Å². The fourth-order valence-corrected chi connectivity index (χ4v) is 4.95. The molecule has 0 spiro atoms. The molecule has 2 aliphatic heterocycles. The summed E-state index contributed by atoms with van der Waals surface area (Å²) in [5.74, 6) is 0. The van der Waals surface area contributed by atoms with E-state index in [9.17, 15) is 14.7 Å². The van der Waals surface area contributed by atoms with Gasteiger partial charge in [0.15, 0.2) is 6.23 Å². The van der Waals surface area contributed by atoms with Gasteiger partial charge < -0.3 is 9.84 Å². The molecule has 7 nitrogen and oxygen atoms in total. The highest BCUT2D eigenvalue weighted by atomic mass is 32.2. The van der Waals surface area contributed by atoms with Crippen molar-refractivity contribution < 1.29 is 9.84 Å². The van der Waals surface area contributed by atoms with Gasteiger partial charge in [-0.15, -0.1) is 23.5 Å². The molecule has 1 aromatic heterocycles. The minimum Gasteiger partial charge on any atom is -0.394 e. The third-order valence-corrected chi connectivity index (χ3v) is 6.18. The van der Waals surface area contributed by atoms with Crippen molar-refractivity contribution in [1.82, 2.24) is 14.9 Å². The highest BCUT2D eigenvalue weighted by Gasteiger charge is 2.51. The highest BCUT2D eigenvalue weighted by Crippen LogP contribution is 2.45. The standard InChI is InChI=1S/C11H15N3O4S2/c1-19-11-13-7-5(4-15)18-9(8(7)20-11)14-3-2-6(16)12-10(14)17/h2-3,5,7-9,11,13,15H,4H2,1H3,(H,12,16,17). The summed E-state index contributed by atoms with van der Waals surface area (Å²) in [7, 11) is 0. The van der Waals surface area contributed by atoms with Gasteiger partial charge >= 0.3 is 5.69 Å². The molecule has 110 valence electrons. The van der Waals surface area contributed by atoms with E-state index in [0.29, 0.717) is 0 Å². The number of aliphatic hydroxyl groups excluding tert-OH is 1. The maximum absolute atomic E-state index is 11.9. The van der Waals surface area contributed by atoms with Crippen LogP contribution in [0, 0.1) is 0 Å². The average molecular weight is 317 g/mol. The lowest BCUT2D eigenvalue weighted by molar-refractivity contribution is -0.0287. The van der Waals surface area contributed by atoms with Crippen LogP contribution in [-0.2, 0) is 4.74 Å². The maximum Gasteiger partial charge on any atom is 0.330 e. The van der Waals surface area contributed by atoms with Crippen LogP contribution >= 0.6 is 23.5 Å². The van der Waals surface area contributed by atoms with Crippen LogP contribution in [0.3, 0.4) is 0 Å². The molecule has 0 bridgehead atoms. The van der Waals surface area contributed by atoms with Crippen LogP contribution in [0.4, 0.5) is 0 Å². The van der Waals surface area contributed by atoms with E-state index < -0.39 is 17.5 Å². The van der Waals surface area contributed by atoms with Gasteiger partial charge in [0.25, 0.3) is 5.56 Å². The second kappa shape index (κ2) is 5.57. The Bertz CT molecular complexity index is 604. The predicted molar refractivity (Wildman–Crippen MR) is 77.9 cm³/mol. The Hall–Kier alpha value is -0.740. The van der Waals surface area contributed by atoms with Crippen LogP contribution in [-0.4, -0.2) is 49.6 Å². The topological polar surface area (TPSA) is 96.3 Å². The van der Waals surface area contributed by atoms with E-state index >= 15 is 0 Å². The smallest absolute Gasteiger partial charge is 0.330 e. The zero-order chi connectivity index (χ0) is 14.3. The second-order valence-corrected chi connectivity index (χ2v) is 7.15. The van der Waals surface area contributed by atoms with Crippen LogP contribution in [0.5, 0.6) is 0 Å². The lowest BCUT2D eigenvalue weighted by Gasteiger charge is -2.19. The molecule has 1 aromatic rings. The molecule has 20 heavy (non-hydrogen) atoms. The van der Waals surface area contributed by atoms with Crippen molar-refractivity contribution in [2.45, 2.75) is 28.3 Å². The molecule has 0 amide bonds. The molecule has 2 fully saturated rings. The number of hydrogen-bond donors (Lipinski definition) is 3. The Labute approximate surface area is 123 Å². The molecule has 0 aromatic carbocycles. The SMILES string of the molecule is CSC1NC2C(CO)OC(n3ccc(=O)[nH]c3=O)C2S1. The molecule has 0 saturated carbocycles. The Kier molecular flexibility index (Phi) is 3.95. The molecule has 3 rings (SSSR count). The van der Waals surface area contributed by atoms with E-state index in [0.717, 1.165) is 0 Å². The number of aromatic nitrogens is 2. The van der Waals surface area contributed by atoms with Crippen LogP contribution in [0.25, 0.3) is 0 Å². The average Bonchev–Trinajstić information content (AvgIpc) is 2.97. The van der Waals surface area contributed by atoms with Crippen LogP contribution < -0.4 is 16.6 Å². The summed E-state index contributed by atoms with van der Waals surface area (Å²) < 4.78 is 7.37. The van der Waals surface area contributed by atoms with Gasteiger partial charge in [-0.1, -0.05) is 0 Å². The predicted octanol–water partition coefficient (Wildman–Crippen LogP) is -0.854. The quantitative estimate of drug-likeness (QED) is 0.668. The molecule has 0 radical (unpaired) electrons. The fraction of sp³-hybridized carbons (Fsp3) is 0.636. The number of thioether (sulfide) groups is 2. The number of ether oxygens (including phenoxy) is 1. The highest BCUT2D eigenvalue weighted by molar-refractivity contribution is 8.17. The molecule has 2 aliphatic rings. The summed E-state index contributed by atoms with van der Waals surface area (Å²) in [6.07, 6.45) is 2.60. The second-order valence-electron chi connectivity index (χ2n) is 4.63. The van der Waals surface area contributed by atoms with Gasteiger partial charge in [-0.2, -0.15) is 0 Å². The van der Waals surface area contributed by atoms with Gasteiger partial charge in [-0.25, -0.2) is 4.79 Å². The van der Waals surface area contributed by atoms with Crippen molar-refractivity contribution >= 4 is 23.5 Å². The van der Waals surface area contributed by atoms with E-state index in [1.165, 1.54) is 16.8 Å². The van der Waals surface area contributed by atoms with E-state index in [1.807, 2.05) is 6.26 Å². The van der Waals surface area contributed by atoms with Crippen LogP contribution in [0.2, 0.25) is 0 Å². The molecule has 9 heteroatoms. The van der Waals surface area contributed by atoms with Crippen LogP contribution in [0.1, 0.15) is 6.23 Å². The summed E-state index contributed by atoms with van der Waals surface area (Å²) in [4.78, 5) is 25.3. The third kappa shape index (κ3) is 2.33. The number of fused-ring (bicyclic) bond motifs is 1. The Balaban J connectivity index is 1.93. The molecule has 3 heterocycles. The third-order valence-electron chi connectivity index (χ3n) is 3.48. The molecule has 5 atom stereocenters. The van der Waals surface area contributed by atoms with Crippen molar-refractivity contribution in [3.05, 3.63) is 33.1 Å². The number of rotatable bonds is 3. The molecule has 0 aliphatic carbocycles. The molecule has 2 saturated heterocycles. The lowest BCUT2D eigenvalue weighted by atomic mass is 10.1. The van der Waals surface area contributed by atoms with E-state index in [1.54, 1.807) is 23.5 Å². The maximum atomic E-state index is 11.9. The molecule has 5 unspecified atom stereocenters. The summed E-state index contributed by atoms with van der Waals surface area (Å²) in [5.41, 5.74) is -0.924. The van der Waals surface area contributed by atoms with E-state index in [2.05, 4.69) is 10.3 Å². The summed E-state index contributed by atoms with van der Waals surface area (Å²) in [5, 5.41) is 12.8. The monoisotopic (exact) mass is 317 g/mol. The Morgan fingerprint density at radius 1 is 1.55 bits per heavy atom. The molecular weight excluding hydrogens is 302 g/mol. The van der Waals surface area contributed by atoms with Gasteiger partial charge in [0.2, 0.25) is 0 Å². The van der Waals surface area contributed by atoms with Gasteiger partial charge in [0.05, 0.1) is 24.0 Å². The van der Waals surface area contributed by atoms with Crippen molar-refractivity contribution in [3.63, 3.8) is 0 Å². The first-order valence-corrected chi connectivity index (χ1v) is 8.39. The lowest BCUT2D eigenvalue weighted by Crippen LogP contribution is -2.40. The fourth-order valence-electron chi connectivity index (χ4n) is 2.55. The first-order valence-electron chi connectivity index (χ1n) is 6.16. The zero-order valence-electron chi connectivity index (χ0n) is 10.7. The summed E-state index contributed by atoms with van der Waals surface area (Å²) in [6.45, 7) is -0.107. The van der Waals surface area contributed by atoms with Crippen molar-refractivity contribution in [3.8, 4) is 0 Å². The number of aromatic amines is 1. The van der Waals surface area contributed by atoms with Gasteiger partial charge in [0.1, 0.15) is 4.71 Å². The minimum absolute atomic E-state index is 0.00808. The summed E-state index contributed by atoms with van der Waals surface area (Å²) >= 11 is 3.36.